The van der Waals surface area contributed by atoms with E-state index < -0.39 is 64.1 Å². The van der Waals surface area contributed by atoms with Crippen molar-refractivity contribution < 1.29 is 42.1 Å². The third-order valence-electron chi connectivity index (χ3n) is 7.00. The Morgan fingerprint density at radius 3 is 2.38 bits per heavy atom. The molecule has 1 saturated carbocycles. The molecule has 1 aliphatic carbocycles. The predicted molar refractivity (Wildman–Crippen MR) is 132 cm³/mol. The molecular formula is C24H28N2O9S2. The molecule has 0 bridgehead atoms. The number of nitrogens with zero attached hydrogens (tertiary/aromatic N) is 1. The highest BCUT2D eigenvalue weighted by atomic mass is 32.2. The summed E-state index contributed by atoms with van der Waals surface area (Å²) in [5.41, 5.74) is -1.11. The molecule has 1 aromatic carbocycles. The number of rotatable bonds is 6. The fourth-order valence-electron chi connectivity index (χ4n) is 5.13. The third-order valence-corrected chi connectivity index (χ3v) is 9.61. The number of esters is 2. The second-order valence-electron chi connectivity index (χ2n) is 9.12. The van der Waals surface area contributed by atoms with Crippen LogP contribution in [0, 0.1) is 24.7 Å². The maximum atomic E-state index is 13.5. The van der Waals surface area contributed by atoms with Gasteiger partial charge in [-0.25, -0.2) is 13.2 Å². The highest BCUT2D eigenvalue weighted by Crippen LogP contribution is 2.49. The zero-order chi connectivity index (χ0) is 27.0. The average Bonchev–Trinajstić information content (AvgIpc) is 3.51. The highest BCUT2D eigenvalue weighted by Gasteiger charge is 2.65. The van der Waals surface area contributed by atoms with Crippen molar-refractivity contribution >= 4 is 44.4 Å². The zero-order valence-corrected chi connectivity index (χ0v) is 22.1. The van der Waals surface area contributed by atoms with E-state index in [1.54, 1.807) is 29.6 Å². The van der Waals surface area contributed by atoms with Gasteiger partial charge in [0.1, 0.15) is 11.7 Å². The van der Waals surface area contributed by atoms with Crippen LogP contribution in [0.4, 0.5) is 9.80 Å². The van der Waals surface area contributed by atoms with Crippen LogP contribution in [0.25, 0.3) is 0 Å². The van der Waals surface area contributed by atoms with Gasteiger partial charge in [-0.15, -0.1) is 11.3 Å². The Bertz CT molecular complexity index is 1260. The van der Waals surface area contributed by atoms with Crippen molar-refractivity contribution in [2.75, 3.05) is 32.6 Å². The second kappa shape index (κ2) is 10.4. The Morgan fingerprint density at radius 2 is 1.78 bits per heavy atom. The summed E-state index contributed by atoms with van der Waals surface area (Å²) in [6, 6.07) is 9.58. The summed E-state index contributed by atoms with van der Waals surface area (Å²) in [6.45, 7) is 1.07. The average molecular weight is 553 g/mol. The molecule has 1 amide bonds. The maximum absolute atomic E-state index is 13.5. The van der Waals surface area contributed by atoms with E-state index in [0.29, 0.717) is 5.00 Å². The zero-order valence-electron chi connectivity index (χ0n) is 20.4. The molecule has 4 rings (SSSR count). The van der Waals surface area contributed by atoms with Crippen LogP contribution in [0.3, 0.4) is 0 Å². The Labute approximate surface area is 218 Å². The molecule has 1 unspecified atom stereocenters. The molecular weight excluding hydrogens is 524 g/mol. The lowest BCUT2D eigenvalue weighted by atomic mass is 9.64. The number of nitrogens with one attached hydrogen (secondary N) is 1. The number of carbonyl (C=O) groups excluding carboxylic acids is 3. The van der Waals surface area contributed by atoms with Crippen LogP contribution in [0.1, 0.15) is 12.0 Å². The number of hydrogen-bond donors (Lipinski definition) is 2. The summed E-state index contributed by atoms with van der Waals surface area (Å²) in [5.74, 6) is -5.03. The van der Waals surface area contributed by atoms with Crippen LogP contribution < -0.4 is 5.32 Å². The van der Waals surface area contributed by atoms with Gasteiger partial charge in [-0.05, 0) is 36.6 Å². The van der Waals surface area contributed by atoms with E-state index in [-0.39, 0.29) is 17.9 Å². The van der Waals surface area contributed by atoms with Gasteiger partial charge in [0, 0.05) is 25.4 Å². The lowest BCUT2D eigenvalue weighted by molar-refractivity contribution is -0.185. The van der Waals surface area contributed by atoms with Gasteiger partial charge in [-0.1, -0.05) is 17.7 Å². The first-order valence-electron chi connectivity index (χ1n) is 11.5. The van der Waals surface area contributed by atoms with Crippen molar-refractivity contribution in [1.82, 2.24) is 4.31 Å². The third kappa shape index (κ3) is 5.08. The van der Waals surface area contributed by atoms with Crippen LogP contribution >= 0.6 is 11.3 Å². The first kappa shape index (κ1) is 27.0. The number of aliphatic hydroxyl groups is 1. The molecule has 2 heterocycles. The summed E-state index contributed by atoms with van der Waals surface area (Å²) < 4.78 is 43.4. The number of hydrogen-bond acceptors (Lipinski definition) is 10. The van der Waals surface area contributed by atoms with Crippen LogP contribution in [0.15, 0.2) is 46.7 Å². The molecule has 1 aliphatic heterocycles. The molecule has 2 aliphatic rings. The number of anilines is 1. The van der Waals surface area contributed by atoms with Gasteiger partial charge in [-0.3, -0.25) is 14.9 Å². The lowest BCUT2D eigenvalue weighted by Gasteiger charge is -2.46. The van der Waals surface area contributed by atoms with E-state index in [0.717, 1.165) is 24.1 Å². The number of methoxy groups -OCH3 is 2. The smallest absolute Gasteiger partial charge is 0.412 e. The quantitative estimate of drug-likeness (QED) is 0.405. The lowest BCUT2D eigenvalue weighted by Crippen LogP contribution is -2.61. The van der Waals surface area contributed by atoms with Crippen LogP contribution in [0.2, 0.25) is 0 Å². The maximum Gasteiger partial charge on any atom is 0.412 e. The monoisotopic (exact) mass is 552 g/mol. The number of carbonyl (C=O) groups is 3. The first-order valence-corrected chi connectivity index (χ1v) is 13.8. The Hall–Kier alpha value is -3.00. The molecule has 11 nitrogen and oxygen atoms in total. The second-order valence-corrected chi connectivity index (χ2v) is 12.0. The van der Waals surface area contributed by atoms with Crippen molar-refractivity contribution in [3.63, 3.8) is 0 Å². The summed E-state index contributed by atoms with van der Waals surface area (Å²) in [7, 11) is -1.80. The number of amides is 1. The number of aryl methyl sites for hydroxylation is 1. The SMILES string of the molecule is COC(=O)[C@H]1C[C@H](OC(=O)Nc2cccs2)[C@@]2(O)CN(S(=O)(=O)c3ccc(C)cc3)CC2[C@H]1C(=O)OC. The molecule has 1 aromatic heterocycles. The Balaban J connectivity index is 1.71. The van der Waals surface area contributed by atoms with Gasteiger partial charge in [0.2, 0.25) is 10.0 Å². The fraction of sp³-hybridized carbons (Fsp3) is 0.458. The van der Waals surface area contributed by atoms with E-state index >= 15 is 0 Å². The molecule has 0 radical (unpaired) electrons. The van der Waals surface area contributed by atoms with Crippen LogP contribution in [0.5, 0.6) is 0 Å². The van der Waals surface area contributed by atoms with Gasteiger partial charge in [0.25, 0.3) is 0 Å². The summed E-state index contributed by atoms with van der Waals surface area (Å²) in [4.78, 5) is 38.3. The van der Waals surface area contributed by atoms with Gasteiger partial charge >= 0.3 is 18.0 Å². The fourth-order valence-corrected chi connectivity index (χ4v) is 7.24. The molecule has 0 spiro atoms. The first-order chi connectivity index (χ1) is 17.5. The largest absolute Gasteiger partial charge is 0.469 e. The minimum Gasteiger partial charge on any atom is -0.469 e. The van der Waals surface area contributed by atoms with Gasteiger partial charge in [0.15, 0.2) is 0 Å². The van der Waals surface area contributed by atoms with Crippen molar-refractivity contribution in [1.29, 1.82) is 0 Å². The number of fused-ring (bicyclic) bond motifs is 1. The molecule has 13 heteroatoms. The Kier molecular flexibility index (Phi) is 7.60. The van der Waals surface area contributed by atoms with E-state index in [4.69, 9.17) is 14.2 Å². The summed E-state index contributed by atoms with van der Waals surface area (Å²) in [5, 5.41) is 16.7. The minimum absolute atomic E-state index is 0.00684. The van der Waals surface area contributed by atoms with Crippen LogP contribution in [-0.2, 0) is 33.8 Å². The van der Waals surface area contributed by atoms with E-state index in [2.05, 4.69) is 5.32 Å². The number of benzene rings is 1. The molecule has 37 heavy (non-hydrogen) atoms. The predicted octanol–water partition coefficient (Wildman–Crippen LogP) is 2.01. The minimum atomic E-state index is -4.09. The topological polar surface area (TPSA) is 149 Å². The van der Waals surface area contributed by atoms with E-state index in [1.807, 2.05) is 6.92 Å². The molecule has 2 N–H and O–H groups in total. The van der Waals surface area contributed by atoms with Crippen molar-refractivity contribution in [2.45, 2.75) is 29.9 Å². The molecule has 2 aromatic rings. The van der Waals surface area contributed by atoms with Crippen molar-refractivity contribution in [3.8, 4) is 0 Å². The standard InChI is InChI=1S/C24H28N2O9S2/c1-14-6-8-15(9-7-14)37(31,32)26-12-17-20(22(28)34-3)16(21(27)33-2)11-18(24(17,30)13-26)35-23(29)25-19-5-4-10-36-19/h4-10,16-18,20,30H,11-13H2,1-3H3,(H,25,29)/t16-,17?,18-,20-,24+/m0/s1. The molecule has 200 valence electrons. The van der Waals surface area contributed by atoms with Gasteiger partial charge in [0.05, 0.1) is 36.0 Å². The summed E-state index contributed by atoms with van der Waals surface area (Å²) in [6.07, 6.45) is -2.48. The number of thiophene rings is 1. The highest BCUT2D eigenvalue weighted by molar-refractivity contribution is 7.89. The number of ether oxygens (including phenoxy) is 3. The Morgan fingerprint density at radius 1 is 1.11 bits per heavy atom. The van der Waals surface area contributed by atoms with E-state index in [9.17, 15) is 27.9 Å². The molecule has 1 saturated heterocycles. The number of β-amino-alcohol motifs (C(OH)–C–C–N with tert-alkyl or cyclic N) is 1. The normalized spacial score (nSPS) is 27.7. The van der Waals surface area contributed by atoms with Crippen molar-refractivity contribution in [2.24, 2.45) is 17.8 Å². The van der Waals surface area contributed by atoms with Gasteiger partial charge < -0.3 is 19.3 Å². The molecule has 5 atom stereocenters. The van der Waals surface area contributed by atoms with E-state index in [1.165, 1.54) is 23.5 Å². The summed E-state index contributed by atoms with van der Waals surface area (Å²) >= 11 is 1.25. The van der Waals surface area contributed by atoms with Crippen LogP contribution in [-0.4, -0.2) is 74.9 Å². The number of sulfonamides is 1. The van der Waals surface area contributed by atoms with Crippen molar-refractivity contribution in [3.05, 3.63) is 47.3 Å². The van der Waals surface area contributed by atoms with Gasteiger partial charge in [-0.2, -0.15) is 4.31 Å². The molecule has 2 fully saturated rings.